The molecular weight excluding hydrogens is 847 g/mol. The fourth-order valence-electron chi connectivity index (χ4n) is 9.57. The van der Waals surface area contributed by atoms with E-state index in [1.165, 1.54) is 34.0 Å². The standard InChI is InChI=1S/C44H46F2N12O7/c45-39(46)38-33(50-41(61)32-22-49-56-11-9-36(51-40(32)56)55-23-30-18-27(55)25-65-30)24-57(52-38)28-20-47-44(48-21-28)54-14-12-53(13-15-54)10-3-17-64-16-2-5-26-4-1-6-31-37(26)43(63)58(42(31)62)34-8-7-29(59)19-35(34)60/h1,4,6,9,11,20-22,24,27,30,33-34,39H,2-3,5,7-8,10,12-19,23,25H2/p+1/t27-,30-,33?,34?/m1/s1. The van der Waals surface area contributed by atoms with Gasteiger partial charge in [0.1, 0.15) is 29.6 Å². The number of rotatable bonds is 15. The number of carbonyl (C=O) groups is 5. The maximum Gasteiger partial charge on any atom is 0.285 e. The first-order chi connectivity index (χ1) is 31.6. The van der Waals surface area contributed by atoms with Crippen molar-refractivity contribution in [2.24, 2.45) is 5.10 Å². The van der Waals surface area contributed by atoms with Gasteiger partial charge in [-0.05, 0) is 49.8 Å². The fourth-order valence-corrected chi connectivity index (χ4v) is 9.57. The monoisotopic (exact) mass is 893 g/mol. The molecule has 3 amide bonds. The van der Waals surface area contributed by atoms with Gasteiger partial charge in [-0.2, -0.15) is 5.10 Å². The van der Waals surface area contributed by atoms with E-state index < -0.39 is 41.9 Å². The summed E-state index contributed by atoms with van der Waals surface area (Å²) in [4.78, 5) is 85.7. The van der Waals surface area contributed by atoms with E-state index in [1.54, 1.807) is 18.3 Å². The largest absolute Gasteiger partial charge is 0.381 e. The lowest BCUT2D eigenvalue weighted by atomic mass is 9.92. The maximum atomic E-state index is 14.2. The smallest absolute Gasteiger partial charge is 0.285 e. The van der Waals surface area contributed by atoms with Crippen molar-refractivity contribution in [3.63, 3.8) is 0 Å². The Morgan fingerprint density at radius 1 is 1.00 bits per heavy atom. The molecule has 5 aliphatic heterocycles. The second-order valence-corrected chi connectivity index (χ2v) is 17.1. The summed E-state index contributed by atoms with van der Waals surface area (Å²) in [5, 5.41) is 11.0. The third-order valence-electron chi connectivity index (χ3n) is 13.0. The number of amides is 3. The van der Waals surface area contributed by atoms with Gasteiger partial charge in [0, 0.05) is 70.2 Å². The summed E-state index contributed by atoms with van der Waals surface area (Å²) in [6.07, 6.45) is 7.81. The third kappa shape index (κ3) is 8.38. The van der Waals surface area contributed by atoms with Crippen molar-refractivity contribution in [3.8, 4) is 0 Å². The molecule has 1 aromatic carbocycles. The number of Topliss-reactive ketones (excluding diaryl/α,β-unsaturated/α-hetero) is 2. The van der Waals surface area contributed by atoms with E-state index in [-0.39, 0.29) is 48.5 Å². The number of nitrogens with one attached hydrogen (secondary N) is 1. The van der Waals surface area contributed by atoms with Crippen molar-refractivity contribution in [2.45, 2.75) is 75.6 Å². The van der Waals surface area contributed by atoms with Gasteiger partial charge in [-0.25, -0.2) is 28.2 Å². The van der Waals surface area contributed by atoms with Crippen LogP contribution in [-0.2, 0) is 25.5 Å². The zero-order valence-electron chi connectivity index (χ0n) is 35.4. The van der Waals surface area contributed by atoms with Gasteiger partial charge in [-0.3, -0.25) is 33.8 Å². The van der Waals surface area contributed by atoms with Gasteiger partial charge in [0.05, 0.1) is 48.5 Å². The Kier molecular flexibility index (Phi) is 11.7. The number of ketones is 2. The van der Waals surface area contributed by atoms with Crippen LogP contribution < -0.4 is 15.1 Å². The van der Waals surface area contributed by atoms with Crippen LogP contribution in [-0.4, -0.2) is 170 Å². The first-order valence-corrected chi connectivity index (χ1v) is 22.0. The van der Waals surface area contributed by atoms with E-state index >= 15 is 0 Å². The topological polar surface area (TPSA) is 200 Å². The number of piperazine rings is 1. The number of alkyl halides is 2. The lowest BCUT2D eigenvalue weighted by molar-refractivity contribution is -0.438. The molecular formula is C44H47F2N12O7+. The Morgan fingerprint density at radius 2 is 1.82 bits per heavy atom. The molecule has 3 aromatic heterocycles. The van der Waals surface area contributed by atoms with Crippen LogP contribution >= 0.6 is 0 Å². The Hall–Kier alpha value is -6.45. The third-order valence-corrected chi connectivity index (χ3v) is 13.0. The van der Waals surface area contributed by atoms with Crippen molar-refractivity contribution >= 4 is 64.3 Å². The van der Waals surface area contributed by atoms with E-state index in [0.717, 1.165) is 42.9 Å². The summed E-state index contributed by atoms with van der Waals surface area (Å²) in [5.74, 6) is -0.896. The number of anilines is 2. The molecule has 0 spiro atoms. The van der Waals surface area contributed by atoms with Gasteiger partial charge in [0.2, 0.25) is 12.2 Å². The second-order valence-electron chi connectivity index (χ2n) is 17.1. The van der Waals surface area contributed by atoms with Crippen LogP contribution in [0.4, 0.5) is 26.2 Å². The van der Waals surface area contributed by atoms with E-state index in [1.807, 2.05) is 12.1 Å². The highest BCUT2D eigenvalue weighted by Crippen LogP contribution is 2.33. The molecule has 3 saturated heterocycles. The van der Waals surface area contributed by atoms with E-state index in [9.17, 15) is 32.8 Å². The number of imide groups is 1. The average Bonchev–Trinajstić information content (AvgIpc) is 4.16. The molecule has 4 fully saturated rings. The van der Waals surface area contributed by atoms with Gasteiger partial charge in [-0.1, -0.05) is 16.8 Å². The molecule has 1 aliphatic carbocycles. The molecule has 1 N–H and O–H groups in total. The molecule has 21 heteroatoms. The maximum absolute atomic E-state index is 14.2. The minimum absolute atomic E-state index is 0.152. The highest BCUT2D eigenvalue weighted by molar-refractivity contribution is 6.24. The molecule has 19 nitrogen and oxygen atoms in total. The van der Waals surface area contributed by atoms with Crippen molar-refractivity contribution in [1.29, 1.82) is 0 Å². The first kappa shape index (κ1) is 42.5. The number of hydrazone groups is 1. The highest BCUT2D eigenvalue weighted by atomic mass is 19.3. The molecule has 4 atom stereocenters. The van der Waals surface area contributed by atoms with Gasteiger partial charge in [-0.15, -0.1) is 0 Å². The number of nitrogens with zero attached hydrogens (tertiary/aromatic N) is 11. The van der Waals surface area contributed by atoms with Crippen molar-refractivity contribution in [1.82, 2.24) is 39.7 Å². The number of aryl methyl sites for hydroxylation is 1. The summed E-state index contributed by atoms with van der Waals surface area (Å²) in [6.45, 7) is 6.19. The number of fused-ring (bicyclic) bond motifs is 4. The summed E-state index contributed by atoms with van der Waals surface area (Å²) in [6, 6.07) is 5.17. The predicted molar refractivity (Wildman–Crippen MR) is 228 cm³/mol. The summed E-state index contributed by atoms with van der Waals surface area (Å²) < 4.78 is 42.8. The number of aromatic nitrogens is 5. The van der Waals surface area contributed by atoms with Crippen LogP contribution in [0.5, 0.6) is 0 Å². The van der Waals surface area contributed by atoms with Gasteiger partial charge < -0.3 is 24.6 Å². The average molecular weight is 894 g/mol. The lowest BCUT2D eigenvalue weighted by Crippen LogP contribution is -2.47. The normalized spacial score (nSPS) is 23.3. The molecule has 4 aromatic rings. The number of morpholine rings is 1. The van der Waals surface area contributed by atoms with Crippen molar-refractivity contribution in [3.05, 3.63) is 71.3 Å². The molecule has 6 aliphatic rings. The van der Waals surface area contributed by atoms with Crippen LogP contribution in [0.3, 0.4) is 0 Å². The molecule has 1 saturated carbocycles. The first-order valence-electron chi connectivity index (χ1n) is 22.0. The number of hydrogen-bond donors (Lipinski definition) is 1. The molecule has 2 bridgehead atoms. The van der Waals surface area contributed by atoms with Crippen LogP contribution in [0, 0.1) is 0 Å². The molecule has 8 heterocycles. The Balaban J connectivity index is 0.667. The zero-order valence-corrected chi connectivity index (χ0v) is 35.4. The SMILES string of the molecule is O=C1CCC(N2C(=O)c3cccc(CCCOCCCN4CCN(c5ncc([N+]6=CC(NC(=O)c7cnn8ccc(N9C[C@H]%10C[C@@H]9CO%10)nc78)C(C(F)F)=N6)cn5)CC4)c3C2=O)C(=O)C1. The number of carbonyl (C=O) groups excluding carboxylic acids is 5. The fraction of sp³-hybridized carbons (Fsp3) is 0.477. The number of hydrogen-bond acceptors (Lipinski definition) is 15. The van der Waals surface area contributed by atoms with Gasteiger partial charge >= 0.3 is 0 Å². The Labute approximate surface area is 371 Å². The molecule has 338 valence electrons. The quantitative estimate of drug-likeness (QED) is 0.0788. The molecule has 2 unspecified atom stereocenters. The number of benzene rings is 1. The van der Waals surface area contributed by atoms with Gasteiger partial charge in [0.25, 0.3) is 29.8 Å². The molecule has 0 radical (unpaired) electrons. The Bertz CT molecular complexity index is 2610. The second kappa shape index (κ2) is 17.8. The minimum atomic E-state index is -2.93. The summed E-state index contributed by atoms with van der Waals surface area (Å²) in [5.41, 5.74) is 1.70. The van der Waals surface area contributed by atoms with Gasteiger partial charge in [0.15, 0.2) is 23.2 Å². The van der Waals surface area contributed by atoms with Crippen LogP contribution in [0.2, 0.25) is 0 Å². The van der Waals surface area contributed by atoms with Crippen LogP contribution in [0.15, 0.2) is 54.2 Å². The molecule has 10 rings (SSSR count). The minimum Gasteiger partial charge on any atom is -0.381 e. The van der Waals surface area contributed by atoms with E-state index in [0.29, 0.717) is 86.5 Å². The Morgan fingerprint density at radius 3 is 2.57 bits per heavy atom. The van der Waals surface area contributed by atoms with Crippen LogP contribution in [0.25, 0.3) is 5.65 Å². The number of ether oxygens (including phenoxy) is 2. The van der Waals surface area contributed by atoms with E-state index in [4.69, 9.17) is 14.5 Å². The zero-order chi connectivity index (χ0) is 44.8. The summed E-state index contributed by atoms with van der Waals surface area (Å²) in [7, 11) is 0. The highest BCUT2D eigenvalue weighted by Gasteiger charge is 2.45. The number of halogens is 2. The predicted octanol–water partition coefficient (Wildman–Crippen LogP) is 2.09. The van der Waals surface area contributed by atoms with Crippen molar-refractivity contribution in [2.75, 3.05) is 68.9 Å². The lowest BCUT2D eigenvalue weighted by Gasteiger charge is -2.34. The molecule has 65 heavy (non-hydrogen) atoms. The summed E-state index contributed by atoms with van der Waals surface area (Å²) >= 11 is 0. The van der Waals surface area contributed by atoms with E-state index in [2.05, 4.69) is 40.2 Å². The van der Waals surface area contributed by atoms with Crippen LogP contribution in [0.1, 0.15) is 75.2 Å². The van der Waals surface area contributed by atoms with Crippen molar-refractivity contribution < 1.29 is 46.9 Å².